The van der Waals surface area contributed by atoms with Gasteiger partial charge >= 0.3 is 5.97 Å². The van der Waals surface area contributed by atoms with Crippen LogP contribution >= 0.6 is 11.3 Å². The average molecular weight is 480 g/mol. The van der Waals surface area contributed by atoms with E-state index in [9.17, 15) is 9.59 Å². The molecule has 1 N–H and O–H groups in total. The number of thiazole rings is 1. The van der Waals surface area contributed by atoms with E-state index in [2.05, 4.69) is 10.3 Å². The molecule has 3 aromatic rings. The summed E-state index contributed by atoms with van der Waals surface area (Å²) >= 11 is 1.25. The third-order valence-electron chi connectivity index (χ3n) is 5.41. The fourth-order valence-corrected chi connectivity index (χ4v) is 4.77. The summed E-state index contributed by atoms with van der Waals surface area (Å²) in [6.07, 6.45) is 1.64. The second-order valence-corrected chi connectivity index (χ2v) is 8.43. The lowest BCUT2D eigenvalue weighted by atomic mass is 9.96. The van der Waals surface area contributed by atoms with Gasteiger partial charge in [0.15, 0.2) is 4.80 Å². The van der Waals surface area contributed by atoms with Gasteiger partial charge in [0.25, 0.3) is 5.56 Å². The molecule has 1 aliphatic heterocycles. The van der Waals surface area contributed by atoms with Gasteiger partial charge in [-0.3, -0.25) is 9.36 Å². The van der Waals surface area contributed by atoms with Gasteiger partial charge in [-0.2, -0.15) is 0 Å². The first-order valence-corrected chi connectivity index (χ1v) is 11.5. The molecule has 0 spiro atoms. The number of nitrogens with one attached hydrogen (secondary N) is 1. The monoisotopic (exact) mass is 479 g/mol. The Hall–Kier alpha value is -3.85. The van der Waals surface area contributed by atoms with Crippen LogP contribution in [0, 0.1) is 0 Å². The Morgan fingerprint density at radius 2 is 1.88 bits per heavy atom. The van der Waals surface area contributed by atoms with Gasteiger partial charge in [0, 0.05) is 6.20 Å². The van der Waals surface area contributed by atoms with E-state index < -0.39 is 12.0 Å². The number of ether oxygens (including phenoxy) is 3. The van der Waals surface area contributed by atoms with Crippen molar-refractivity contribution in [2.45, 2.75) is 19.9 Å². The zero-order valence-corrected chi connectivity index (χ0v) is 20.1. The van der Waals surface area contributed by atoms with Gasteiger partial charge in [0.1, 0.15) is 16.0 Å². The number of allylic oxidation sites excluding steroid dienone is 1. The Bertz CT molecular complexity index is 1420. The zero-order chi connectivity index (χ0) is 24.2. The number of rotatable bonds is 7. The van der Waals surface area contributed by atoms with Crippen LogP contribution in [0.15, 0.2) is 69.6 Å². The smallest absolute Gasteiger partial charge is 0.338 e. The summed E-state index contributed by atoms with van der Waals surface area (Å²) in [7, 11) is 3.17. The van der Waals surface area contributed by atoms with Crippen molar-refractivity contribution in [2.75, 3.05) is 26.1 Å². The Morgan fingerprint density at radius 3 is 2.56 bits per heavy atom. The van der Waals surface area contributed by atoms with Crippen molar-refractivity contribution in [2.24, 2.45) is 4.99 Å². The molecule has 176 valence electrons. The highest BCUT2D eigenvalue weighted by atomic mass is 32.1. The van der Waals surface area contributed by atoms with Crippen molar-refractivity contribution in [1.29, 1.82) is 0 Å². The van der Waals surface area contributed by atoms with Gasteiger partial charge in [-0.05, 0) is 43.7 Å². The highest BCUT2D eigenvalue weighted by Crippen LogP contribution is 2.31. The minimum absolute atomic E-state index is 0.220. The molecule has 34 heavy (non-hydrogen) atoms. The highest BCUT2D eigenvalue weighted by molar-refractivity contribution is 7.07. The number of nitrogens with zero attached hydrogens (tertiary/aromatic N) is 2. The molecular weight excluding hydrogens is 454 g/mol. The molecule has 0 radical (unpaired) electrons. The van der Waals surface area contributed by atoms with Crippen LogP contribution in [-0.2, 0) is 9.53 Å². The van der Waals surface area contributed by atoms with E-state index in [1.165, 1.54) is 11.3 Å². The summed E-state index contributed by atoms with van der Waals surface area (Å²) in [4.78, 5) is 31.5. The van der Waals surface area contributed by atoms with E-state index >= 15 is 0 Å². The molecule has 0 unspecified atom stereocenters. The number of anilines is 1. The number of aromatic nitrogens is 1. The number of fused-ring (bicyclic) bond motifs is 1. The van der Waals surface area contributed by atoms with E-state index in [1.54, 1.807) is 51.0 Å². The van der Waals surface area contributed by atoms with Gasteiger partial charge in [0.05, 0.1) is 43.8 Å². The number of carbonyl (C=O) groups excluding carboxylic acids is 1. The fraction of sp³-hybridized carbons (Fsp3) is 0.240. The molecule has 0 saturated heterocycles. The summed E-state index contributed by atoms with van der Waals surface area (Å²) in [5, 5.41) is 3.15. The largest absolute Gasteiger partial charge is 0.497 e. The second-order valence-electron chi connectivity index (χ2n) is 7.42. The minimum Gasteiger partial charge on any atom is -0.497 e. The van der Waals surface area contributed by atoms with Crippen molar-refractivity contribution < 1.29 is 19.0 Å². The van der Waals surface area contributed by atoms with Gasteiger partial charge in [-0.25, -0.2) is 9.79 Å². The molecule has 2 aromatic carbocycles. The van der Waals surface area contributed by atoms with Crippen molar-refractivity contribution in [3.05, 3.63) is 85.1 Å². The normalized spacial score (nSPS) is 15.4. The van der Waals surface area contributed by atoms with Gasteiger partial charge in [-0.1, -0.05) is 35.6 Å². The maximum absolute atomic E-state index is 13.5. The van der Waals surface area contributed by atoms with E-state index in [-0.39, 0.29) is 12.2 Å². The van der Waals surface area contributed by atoms with Crippen LogP contribution in [0.25, 0.3) is 6.20 Å². The predicted octanol–water partition coefficient (Wildman–Crippen LogP) is 2.84. The average Bonchev–Trinajstić information content (AvgIpc) is 3.16. The summed E-state index contributed by atoms with van der Waals surface area (Å²) in [5.74, 6) is 0.838. The van der Waals surface area contributed by atoms with Crippen molar-refractivity contribution in [1.82, 2.24) is 4.57 Å². The van der Waals surface area contributed by atoms with Gasteiger partial charge in [0.2, 0.25) is 0 Å². The number of carbonyl (C=O) groups is 1. The first-order valence-electron chi connectivity index (χ1n) is 10.7. The quantitative estimate of drug-likeness (QED) is 0.524. The Labute approximate surface area is 200 Å². The van der Waals surface area contributed by atoms with Gasteiger partial charge in [-0.15, -0.1) is 0 Å². The number of esters is 1. The molecule has 4 rings (SSSR count). The summed E-state index contributed by atoms with van der Waals surface area (Å²) in [6, 6.07) is 14.0. The minimum atomic E-state index is -0.672. The molecule has 0 aliphatic carbocycles. The van der Waals surface area contributed by atoms with E-state index in [0.717, 1.165) is 11.3 Å². The molecule has 9 heteroatoms. The molecule has 0 amide bonds. The first kappa shape index (κ1) is 23.3. The Morgan fingerprint density at radius 1 is 1.15 bits per heavy atom. The third kappa shape index (κ3) is 4.34. The Balaban J connectivity index is 1.86. The van der Waals surface area contributed by atoms with Crippen LogP contribution in [0.1, 0.15) is 25.5 Å². The highest BCUT2D eigenvalue weighted by Gasteiger charge is 2.33. The molecule has 0 fully saturated rings. The predicted molar refractivity (Wildman–Crippen MR) is 131 cm³/mol. The molecule has 0 saturated carbocycles. The maximum Gasteiger partial charge on any atom is 0.338 e. The lowest BCUT2D eigenvalue weighted by molar-refractivity contribution is -0.139. The van der Waals surface area contributed by atoms with Crippen LogP contribution in [0.3, 0.4) is 0 Å². The van der Waals surface area contributed by atoms with Gasteiger partial charge < -0.3 is 19.5 Å². The molecule has 8 nitrogen and oxygen atoms in total. The van der Waals surface area contributed by atoms with Crippen molar-refractivity contribution in [3.8, 4) is 11.5 Å². The van der Waals surface area contributed by atoms with Crippen LogP contribution < -0.4 is 29.7 Å². The van der Waals surface area contributed by atoms with E-state index in [4.69, 9.17) is 14.2 Å². The standard InChI is InChI=1S/C25H25N3O5S/c1-5-33-24(30)21-15(2)27-25-28(22(21)16-10-12-17(31-3)13-11-16)23(29)20(34-25)14-26-18-8-6-7-9-19(18)32-4/h6-14,22,26H,5H2,1-4H3/b20-14-/t22-/m1/s1. The number of hydrogen-bond acceptors (Lipinski definition) is 8. The molecule has 2 heterocycles. The van der Waals surface area contributed by atoms with Crippen LogP contribution in [0.5, 0.6) is 11.5 Å². The first-order chi connectivity index (χ1) is 16.5. The molecule has 1 aliphatic rings. The zero-order valence-electron chi connectivity index (χ0n) is 19.3. The third-order valence-corrected chi connectivity index (χ3v) is 6.40. The molecule has 0 bridgehead atoms. The van der Waals surface area contributed by atoms with Crippen molar-refractivity contribution in [3.63, 3.8) is 0 Å². The number of para-hydroxylation sites is 2. The lowest BCUT2D eigenvalue weighted by Crippen LogP contribution is -2.40. The number of methoxy groups -OCH3 is 2. The lowest BCUT2D eigenvalue weighted by Gasteiger charge is -2.24. The van der Waals surface area contributed by atoms with Crippen LogP contribution in [0.2, 0.25) is 0 Å². The van der Waals surface area contributed by atoms with Crippen LogP contribution in [-0.4, -0.2) is 31.4 Å². The van der Waals surface area contributed by atoms with E-state index in [1.807, 2.05) is 36.4 Å². The van der Waals surface area contributed by atoms with Crippen LogP contribution in [0.4, 0.5) is 5.69 Å². The molecule has 1 aromatic heterocycles. The molecule has 1 atom stereocenters. The summed E-state index contributed by atoms with van der Waals surface area (Å²) in [5.41, 5.74) is 2.07. The number of hydrogen-bond donors (Lipinski definition) is 1. The SMILES string of the molecule is CCOC(=O)C1=C(C)N=c2s/c(=C\Nc3ccccc3OC)c(=O)n2[C@@H]1c1ccc(OC)cc1. The summed E-state index contributed by atoms with van der Waals surface area (Å²) < 4.78 is 17.9. The maximum atomic E-state index is 13.5. The topological polar surface area (TPSA) is 91.2 Å². The summed E-state index contributed by atoms with van der Waals surface area (Å²) in [6.45, 7) is 3.72. The second kappa shape index (κ2) is 9.96. The van der Waals surface area contributed by atoms with Crippen molar-refractivity contribution >= 4 is 29.2 Å². The number of benzene rings is 2. The fourth-order valence-electron chi connectivity index (χ4n) is 3.80. The molecular formula is C25H25N3O5S. The Kier molecular flexibility index (Phi) is 6.83. The van der Waals surface area contributed by atoms with E-state index in [0.29, 0.717) is 32.1 Å².